The molecule has 1 fully saturated rings. The minimum atomic E-state index is -0.497. The molecule has 2 aromatic carbocycles. The van der Waals surface area contributed by atoms with Crippen molar-refractivity contribution in [3.8, 4) is 6.07 Å². The third-order valence-electron chi connectivity index (χ3n) is 5.48. The Bertz CT molecular complexity index is 862. The van der Waals surface area contributed by atoms with Gasteiger partial charge in [0.15, 0.2) is 0 Å². The molecule has 0 bridgehead atoms. The second-order valence-corrected chi connectivity index (χ2v) is 7.28. The molecule has 0 N–H and O–H groups in total. The zero-order valence-electron chi connectivity index (χ0n) is 14.6. The summed E-state index contributed by atoms with van der Waals surface area (Å²) in [5.74, 6) is -0.0194. The molecule has 1 aliphatic heterocycles. The van der Waals surface area contributed by atoms with E-state index in [-0.39, 0.29) is 11.3 Å². The van der Waals surface area contributed by atoms with Gasteiger partial charge in [-0.15, -0.1) is 0 Å². The fourth-order valence-corrected chi connectivity index (χ4v) is 3.80. The molecule has 2 aromatic rings. The van der Waals surface area contributed by atoms with Crippen LogP contribution < -0.4 is 4.90 Å². The average molecular weight is 331 g/mol. The van der Waals surface area contributed by atoms with E-state index >= 15 is 0 Å². The zero-order chi connectivity index (χ0) is 17.6. The number of benzene rings is 2. The van der Waals surface area contributed by atoms with Crippen molar-refractivity contribution < 1.29 is 4.79 Å². The lowest BCUT2D eigenvalue weighted by molar-refractivity contribution is 0.0740. The number of carbonyl (C=O) groups is 1. The normalized spacial score (nSPS) is 20.1. The first kappa shape index (κ1) is 15.7. The molecule has 4 nitrogen and oxygen atoms in total. The summed E-state index contributed by atoms with van der Waals surface area (Å²) in [7, 11) is 3.93. The van der Waals surface area contributed by atoms with E-state index in [0.29, 0.717) is 12.1 Å². The van der Waals surface area contributed by atoms with E-state index in [0.717, 1.165) is 24.1 Å². The number of fused-ring (bicyclic) bond motifs is 1. The number of hydrogen-bond acceptors (Lipinski definition) is 3. The average Bonchev–Trinajstić information content (AvgIpc) is 3.37. The molecule has 126 valence electrons. The number of amides is 1. The lowest BCUT2D eigenvalue weighted by Crippen LogP contribution is -2.35. The van der Waals surface area contributed by atoms with Gasteiger partial charge in [0.25, 0.3) is 5.91 Å². The summed E-state index contributed by atoms with van der Waals surface area (Å²) >= 11 is 0. The molecule has 0 saturated heterocycles. The summed E-state index contributed by atoms with van der Waals surface area (Å²) in [6, 6.07) is 18.0. The van der Waals surface area contributed by atoms with Crippen molar-refractivity contribution in [1.29, 1.82) is 5.26 Å². The number of rotatable bonds is 4. The van der Waals surface area contributed by atoms with Crippen molar-refractivity contribution in [3.63, 3.8) is 0 Å². The monoisotopic (exact) mass is 331 g/mol. The van der Waals surface area contributed by atoms with Crippen LogP contribution in [0.4, 0.5) is 5.69 Å². The van der Waals surface area contributed by atoms with Crippen molar-refractivity contribution in [1.82, 2.24) is 4.90 Å². The second kappa shape index (κ2) is 5.63. The maximum atomic E-state index is 12.9. The Morgan fingerprint density at radius 1 is 1.20 bits per heavy atom. The minimum absolute atomic E-state index is 0.0123. The molecule has 4 rings (SSSR count). The minimum Gasteiger partial charge on any atom is -0.378 e. The van der Waals surface area contributed by atoms with Crippen LogP contribution in [0.1, 0.15) is 40.4 Å². The van der Waals surface area contributed by atoms with Crippen LogP contribution in [0.2, 0.25) is 0 Å². The molecule has 1 saturated carbocycles. The maximum Gasteiger partial charge on any atom is 0.255 e. The van der Waals surface area contributed by atoms with Gasteiger partial charge in [0.2, 0.25) is 0 Å². The third kappa shape index (κ3) is 2.47. The van der Waals surface area contributed by atoms with Gasteiger partial charge in [0.05, 0.1) is 6.07 Å². The lowest BCUT2D eigenvalue weighted by atomic mass is 9.95. The first-order chi connectivity index (χ1) is 12.1. The van der Waals surface area contributed by atoms with Gasteiger partial charge >= 0.3 is 0 Å². The number of anilines is 1. The van der Waals surface area contributed by atoms with Crippen LogP contribution in [0.5, 0.6) is 0 Å². The molecule has 1 amide bonds. The van der Waals surface area contributed by atoms with Crippen molar-refractivity contribution in [2.24, 2.45) is 0 Å². The standard InChI is InChI=1S/C21H21N3O/c1-23(2)16-8-9-17-18(12-16)19(13-22)24(20(17)25)14-21(10-11-21)15-6-4-3-5-7-15/h3-9,12,19H,10-11,14H2,1-2H3. The molecule has 2 aliphatic rings. The summed E-state index contributed by atoms with van der Waals surface area (Å²) in [5.41, 5.74) is 3.80. The van der Waals surface area contributed by atoms with E-state index in [4.69, 9.17) is 0 Å². The predicted octanol–water partition coefficient (Wildman–Crippen LogP) is 3.50. The summed E-state index contributed by atoms with van der Waals surface area (Å²) in [6.07, 6.45) is 2.14. The van der Waals surface area contributed by atoms with Crippen LogP contribution in [-0.4, -0.2) is 31.4 Å². The van der Waals surface area contributed by atoms with E-state index in [1.807, 2.05) is 55.4 Å². The van der Waals surface area contributed by atoms with Crippen LogP contribution in [0.3, 0.4) is 0 Å². The first-order valence-corrected chi connectivity index (χ1v) is 8.63. The van der Waals surface area contributed by atoms with E-state index < -0.39 is 6.04 Å². The van der Waals surface area contributed by atoms with E-state index in [1.54, 1.807) is 4.90 Å². The van der Waals surface area contributed by atoms with Crippen LogP contribution in [0.25, 0.3) is 0 Å². The quantitative estimate of drug-likeness (QED) is 0.861. The Morgan fingerprint density at radius 3 is 2.52 bits per heavy atom. The molecule has 1 unspecified atom stereocenters. The van der Waals surface area contributed by atoms with Crippen molar-refractivity contribution in [2.45, 2.75) is 24.3 Å². The smallest absolute Gasteiger partial charge is 0.255 e. The maximum absolute atomic E-state index is 12.9. The van der Waals surface area contributed by atoms with E-state index in [2.05, 4.69) is 18.2 Å². The van der Waals surface area contributed by atoms with Crippen LogP contribution >= 0.6 is 0 Å². The molecule has 0 aromatic heterocycles. The Labute approximate surface area is 148 Å². The topological polar surface area (TPSA) is 47.3 Å². The third-order valence-corrected chi connectivity index (χ3v) is 5.48. The highest BCUT2D eigenvalue weighted by Gasteiger charge is 2.49. The highest BCUT2D eigenvalue weighted by molar-refractivity contribution is 6.00. The van der Waals surface area contributed by atoms with Crippen LogP contribution in [0, 0.1) is 11.3 Å². The van der Waals surface area contributed by atoms with Gasteiger partial charge in [-0.2, -0.15) is 5.26 Å². The fourth-order valence-electron chi connectivity index (χ4n) is 3.80. The zero-order valence-corrected chi connectivity index (χ0v) is 14.6. The molecule has 0 spiro atoms. The number of carbonyl (C=O) groups excluding carboxylic acids is 1. The van der Waals surface area contributed by atoms with Gasteiger partial charge in [-0.05, 0) is 36.6 Å². The van der Waals surface area contributed by atoms with Crippen molar-refractivity contribution in [3.05, 3.63) is 65.2 Å². The number of nitriles is 1. The molecule has 1 atom stereocenters. The Morgan fingerprint density at radius 2 is 1.92 bits per heavy atom. The van der Waals surface area contributed by atoms with Gasteiger partial charge in [-0.25, -0.2) is 0 Å². The molecule has 1 aliphatic carbocycles. The second-order valence-electron chi connectivity index (χ2n) is 7.28. The van der Waals surface area contributed by atoms with Gasteiger partial charge in [0.1, 0.15) is 6.04 Å². The highest BCUT2D eigenvalue weighted by atomic mass is 16.2. The van der Waals surface area contributed by atoms with Crippen molar-refractivity contribution >= 4 is 11.6 Å². The Hall–Kier alpha value is -2.80. The molecule has 1 heterocycles. The molecule has 4 heteroatoms. The lowest BCUT2D eigenvalue weighted by Gasteiger charge is -2.26. The molecular formula is C21H21N3O. The van der Waals surface area contributed by atoms with Gasteiger partial charge in [-0.3, -0.25) is 4.79 Å². The SMILES string of the molecule is CN(C)c1ccc2c(c1)C(C#N)N(CC1(c3ccccc3)CC1)C2=O. The van der Waals surface area contributed by atoms with E-state index in [9.17, 15) is 10.1 Å². The summed E-state index contributed by atoms with van der Waals surface area (Å²) in [5, 5.41) is 9.76. The Balaban J connectivity index is 1.67. The summed E-state index contributed by atoms with van der Waals surface area (Å²) in [6.45, 7) is 0.611. The fraction of sp³-hybridized carbons (Fsp3) is 0.333. The first-order valence-electron chi connectivity index (χ1n) is 8.63. The van der Waals surface area contributed by atoms with Crippen LogP contribution in [0.15, 0.2) is 48.5 Å². The molecule has 25 heavy (non-hydrogen) atoms. The van der Waals surface area contributed by atoms with Gasteiger partial charge in [0, 0.05) is 42.9 Å². The number of nitrogens with zero attached hydrogens (tertiary/aromatic N) is 3. The highest BCUT2D eigenvalue weighted by Crippen LogP contribution is 2.50. The van der Waals surface area contributed by atoms with Gasteiger partial charge in [-0.1, -0.05) is 30.3 Å². The van der Waals surface area contributed by atoms with E-state index in [1.165, 1.54) is 5.56 Å². The van der Waals surface area contributed by atoms with Crippen molar-refractivity contribution in [2.75, 3.05) is 25.5 Å². The Kier molecular flexibility index (Phi) is 3.54. The summed E-state index contributed by atoms with van der Waals surface area (Å²) in [4.78, 5) is 16.7. The largest absolute Gasteiger partial charge is 0.378 e. The molecule has 0 radical (unpaired) electrons. The predicted molar refractivity (Wildman–Crippen MR) is 97.5 cm³/mol. The molecular weight excluding hydrogens is 310 g/mol. The van der Waals surface area contributed by atoms with Crippen LogP contribution in [-0.2, 0) is 5.41 Å². The van der Waals surface area contributed by atoms with Gasteiger partial charge < -0.3 is 9.80 Å². The summed E-state index contributed by atoms with van der Waals surface area (Å²) < 4.78 is 0. The number of hydrogen-bond donors (Lipinski definition) is 0.